The predicted molar refractivity (Wildman–Crippen MR) is 7.55 cm³/mol. The molecule has 0 heterocycles. The van der Waals surface area contributed by atoms with Crippen molar-refractivity contribution in [2.75, 3.05) is 0 Å². The molecule has 0 atom stereocenters. The Kier molecular flexibility index (Phi) is 12300. The summed E-state index contributed by atoms with van der Waals surface area (Å²) in [6.07, 6.45) is 0. The van der Waals surface area contributed by atoms with Gasteiger partial charge in [0.05, 0.1) is 0 Å². The summed E-state index contributed by atoms with van der Waals surface area (Å²) in [5.41, 5.74) is 0. The molecule has 0 amide bonds. The minimum Gasteiger partial charge on any atom is -2.00 e. The molecule has 0 aromatic rings. The van der Waals surface area contributed by atoms with E-state index in [-0.39, 0.29) is 203 Å². The van der Waals surface area contributed by atoms with Crippen LogP contribution in [0.4, 0.5) is 0 Å². The third-order valence-electron chi connectivity index (χ3n) is 0. The Morgan fingerprint density at radius 3 is 0.235 bits per heavy atom. The van der Waals surface area contributed by atoms with Crippen LogP contribution in [0.25, 0.3) is 0 Å². The molecule has 0 aliphatic rings. The van der Waals surface area contributed by atoms with Crippen LogP contribution in [0.1, 0.15) is 0 Å². The molecule has 11 nitrogen and oxygen atoms in total. The minimum atomic E-state index is 0. The van der Waals surface area contributed by atoms with Crippen LogP contribution >= 0.6 is 0 Å². The van der Waals surface area contributed by atoms with Crippen LogP contribution in [0.15, 0.2) is 0 Å². The molecule has 0 fully saturated rings. The van der Waals surface area contributed by atoms with Crippen LogP contribution in [-0.4, -0.2) is 0 Å². The smallest absolute Gasteiger partial charge is 2.00 e. The Morgan fingerprint density at radius 1 is 0.235 bits per heavy atom. The topological polar surface area (TPSA) is 314 Å². The molecule has 0 N–H and O–H groups in total. The maximum Gasteiger partial charge on any atom is 3.00 e. The molecule has 0 aromatic heterocycles. The monoisotopic (exact) mass is 660 g/mol. The maximum absolute atomic E-state index is 0. The Morgan fingerprint density at radius 2 is 0.235 bits per heavy atom. The van der Waals surface area contributed by atoms with Crippen LogP contribution in [0.2, 0.25) is 0 Å². The second kappa shape index (κ2) is 424. The molecule has 17 heteroatoms. The van der Waals surface area contributed by atoms with Crippen LogP contribution in [0, 0.1) is 71.2 Å². The van der Waals surface area contributed by atoms with E-state index in [1.165, 1.54) is 0 Å². The van der Waals surface area contributed by atoms with Gasteiger partial charge < -0.3 is 60.2 Å². The van der Waals surface area contributed by atoms with Gasteiger partial charge in [-0.25, -0.2) is 0 Å². The summed E-state index contributed by atoms with van der Waals surface area (Å²) in [4.78, 5) is 0. The van der Waals surface area contributed by atoms with E-state index in [1.54, 1.807) is 0 Å². The first kappa shape index (κ1) is 493. The standard InChI is InChI=1S/2Cr.2La.11O.2V/q4*+3;11*-2;;. The molecule has 0 spiro atoms. The average molecular weight is 660 g/mol. The normalized spacial score (nSPS) is 0. The van der Waals surface area contributed by atoms with Crippen molar-refractivity contribution in [3.8, 4) is 0 Å². The molecule has 0 rings (SSSR count). The summed E-state index contributed by atoms with van der Waals surface area (Å²) in [6.45, 7) is 0. The van der Waals surface area contributed by atoms with Gasteiger partial charge in [0.2, 0.25) is 0 Å². The first-order valence-corrected chi connectivity index (χ1v) is 0. The number of rotatable bonds is 0. The first-order valence-electron chi connectivity index (χ1n) is 0. The molecule has 17 heavy (non-hydrogen) atoms. The van der Waals surface area contributed by atoms with Crippen molar-refractivity contribution in [3.63, 3.8) is 0 Å². The first-order chi connectivity index (χ1) is 0. The van der Waals surface area contributed by atoms with E-state index in [0.29, 0.717) is 0 Å². The maximum atomic E-state index is 0. The summed E-state index contributed by atoms with van der Waals surface area (Å²) in [7, 11) is 0. The van der Waals surface area contributed by atoms with Crippen molar-refractivity contribution in [2.45, 2.75) is 0 Å². The summed E-state index contributed by atoms with van der Waals surface area (Å²) in [5.74, 6) is 0. The van der Waals surface area contributed by atoms with Gasteiger partial charge in [0.15, 0.2) is 0 Å². The van der Waals surface area contributed by atoms with E-state index in [4.69, 9.17) is 0 Å². The Labute approximate surface area is 200 Å². The second-order valence-corrected chi connectivity index (χ2v) is 0. The Bertz CT molecular complexity index is 25.4. The summed E-state index contributed by atoms with van der Waals surface area (Å²) in [5, 5.41) is 0. The van der Waals surface area contributed by atoms with E-state index in [9.17, 15) is 0 Å². The minimum absolute atomic E-state index is 0. The zero-order valence-electron chi connectivity index (χ0n) is 7.36. The van der Waals surface area contributed by atoms with Crippen LogP contribution in [0.3, 0.4) is 0 Å². The summed E-state index contributed by atoms with van der Waals surface area (Å²) >= 11 is 0. The van der Waals surface area contributed by atoms with E-state index in [1.807, 2.05) is 0 Å². The fraction of sp³-hybridized carbons (Fsp3) is 0. The van der Waals surface area contributed by atoms with Crippen molar-refractivity contribution in [1.82, 2.24) is 0 Å². The zero-order chi connectivity index (χ0) is 0. The van der Waals surface area contributed by atoms with Crippen molar-refractivity contribution in [1.29, 1.82) is 0 Å². The number of hydrogen-bond donors (Lipinski definition) is 0. The SMILES string of the molecule is [Cr+3].[Cr+3].[La+3].[La+3].[O-2].[O-2].[O-2].[O-2].[O-2].[O-2].[O-2].[O-2].[O-2].[O-2].[O-2].[V].[V]. The van der Waals surface area contributed by atoms with Gasteiger partial charge in [-0.3, -0.25) is 0 Å². The summed E-state index contributed by atoms with van der Waals surface area (Å²) in [6, 6.07) is 0. The summed E-state index contributed by atoms with van der Waals surface area (Å²) < 4.78 is 0. The molecule has 0 bridgehead atoms. The molecular weight excluding hydrogens is 660 g/mol. The van der Waals surface area contributed by atoms with Gasteiger partial charge in [-0.2, -0.15) is 0 Å². The van der Waals surface area contributed by atoms with Gasteiger partial charge in [-0.1, -0.05) is 0 Å². The van der Waals surface area contributed by atoms with E-state index in [0.717, 1.165) is 0 Å². The van der Waals surface area contributed by atoms with Gasteiger partial charge in [0.25, 0.3) is 0 Å². The fourth-order valence-electron chi connectivity index (χ4n) is 0. The predicted octanol–water partition coefficient (Wildman–Crippen LogP) is -1.32. The molecule has 0 aliphatic heterocycles. The van der Waals surface area contributed by atoms with E-state index in [2.05, 4.69) is 0 Å². The Balaban J connectivity index is 0. The van der Waals surface area contributed by atoms with Crippen molar-refractivity contribution < 1.29 is 203 Å². The number of hydrogen-bond acceptors (Lipinski definition) is 0. The Hall–Kier alpha value is 4.18. The van der Waals surface area contributed by atoms with E-state index >= 15 is 0 Å². The van der Waals surface area contributed by atoms with Crippen LogP contribution < -0.4 is 0 Å². The molecule has 0 saturated heterocycles. The quantitative estimate of drug-likeness (QED) is 0.292. The van der Waals surface area contributed by atoms with Gasteiger partial charge in [0, 0.05) is 37.1 Å². The average Bonchev–Trinajstić information content (AvgIpc) is 0. The second-order valence-electron chi connectivity index (χ2n) is 0. The molecule has 0 aromatic carbocycles. The van der Waals surface area contributed by atoms with Crippen molar-refractivity contribution in [2.24, 2.45) is 0 Å². The fourth-order valence-corrected chi connectivity index (χ4v) is 0. The largest absolute Gasteiger partial charge is 3.00 e. The van der Waals surface area contributed by atoms with Gasteiger partial charge in [-0.05, 0) is 0 Å². The zero-order valence-corrected chi connectivity index (χ0v) is 20.0. The van der Waals surface area contributed by atoms with Gasteiger partial charge in [-0.15, -0.1) is 0 Å². The molecular formula is Cr2La2O11V2-10. The third-order valence-corrected chi connectivity index (χ3v) is 0. The molecule has 0 aliphatic carbocycles. The van der Waals surface area contributed by atoms with E-state index < -0.39 is 0 Å². The molecule has 0 saturated carbocycles. The van der Waals surface area contributed by atoms with Gasteiger partial charge in [0.1, 0.15) is 0 Å². The third kappa shape index (κ3) is 381. The van der Waals surface area contributed by atoms with Gasteiger partial charge >= 0.3 is 106 Å². The van der Waals surface area contributed by atoms with Crippen molar-refractivity contribution >= 4 is 0 Å². The van der Waals surface area contributed by atoms with Crippen LogP contribution in [-0.2, 0) is 132 Å². The van der Waals surface area contributed by atoms with Crippen LogP contribution in [0.5, 0.6) is 0 Å². The molecule has 4 radical (unpaired) electrons. The van der Waals surface area contributed by atoms with Crippen molar-refractivity contribution in [3.05, 3.63) is 0 Å². The molecule has 104 valence electrons. The molecule has 0 unspecified atom stereocenters.